The van der Waals surface area contributed by atoms with Gasteiger partial charge in [-0.05, 0) is 64.2 Å². The van der Waals surface area contributed by atoms with Gasteiger partial charge < -0.3 is 4.74 Å². The number of halogens is 1. The minimum absolute atomic E-state index is 0.261. The molecule has 0 aromatic heterocycles. The molecule has 0 N–H and O–H groups in total. The van der Waals surface area contributed by atoms with Crippen LogP contribution in [-0.4, -0.2) is 23.1 Å². The van der Waals surface area contributed by atoms with Crippen molar-refractivity contribution in [3.8, 4) is 5.75 Å². The van der Waals surface area contributed by atoms with E-state index in [0.29, 0.717) is 17.3 Å². The number of ether oxygens (including phenoxy) is 1. The number of thioether (sulfide) groups is 1. The average Bonchev–Trinajstić information content (AvgIpc) is 2.82. The van der Waals surface area contributed by atoms with Crippen LogP contribution in [-0.2, 0) is 11.4 Å². The largest absolute Gasteiger partial charge is 0.488 e. The fourth-order valence-electron chi connectivity index (χ4n) is 2.16. The fourth-order valence-corrected chi connectivity index (χ4v) is 3.34. The molecule has 2 aromatic rings. The molecule has 4 nitrogen and oxygen atoms in total. The first-order valence-corrected chi connectivity index (χ1v) is 9.12. The summed E-state index contributed by atoms with van der Waals surface area (Å²) in [4.78, 5) is 25.1. The van der Waals surface area contributed by atoms with E-state index in [-0.39, 0.29) is 11.1 Å². The van der Waals surface area contributed by atoms with Crippen molar-refractivity contribution in [1.29, 1.82) is 0 Å². The monoisotopic (exact) mass is 451 g/mol. The number of hydrogen-bond acceptors (Lipinski definition) is 4. The molecule has 0 atom stereocenters. The van der Waals surface area contributed by atoms with Crippen LogP contribution in [0.1, 0.15) is 11.1 Å². The molecule has 0 spiro atoms. The highest BCUT2D eigenvalue weighted by atomic mass is 127. The minimum Gasteiger partial charge on any atom is -0.488 e. The number of benzene rings is 2. The molecule has 3 rings (SSSR count). The van der Waals surface area contributed by atoms with Gasteiger partial charge in [0.15, 0.2) is 0 Å². The van der Waals surface area contributed by atoms with E-state index in [0.717, 1.165) is 27.8 Å². The molecule has 24 heavy (non-hydrogen) atoms. The van der Waals surface area contributed by atoms with Crippen LogP contribution < -0.4 is 4.74 Å². The van der Waals surface area contributed by atoms with Crippen molar-refractivity contribution in [2.75, 3.05) is 7.05 Å². The lowest BCUT2D eigenvalue weighted by atomic mass is 10.2. The minimum atomic E-state index is -0.280. The van der Waals surface area contributed by atoms with E-state index < -0.39 is 0 Å². The number of para-hydroxylation sites is 1. The summed E-state index contributed by atoms with van der Waals surface area (Å²) in [5.74, 6) is 0.399. The maximum Gasteiger partial charge on any atom is 0.293 e. The Bertz CT molecular complexity index is 817. The summed E-state index contributed by atoms with van der Waals surface area (Å²) >= 11 is 3.20. The van der Waals surface area contributed by atoms with Gasteiger partial charge in [-0.2, -0.15) is 0 Å². The topological polar surface area (TPSA) is 46.6 Å². The first-order valence-electron chi connectivity index (χ1n) is 7.22. The fraction of sp³-hybridized carbons (Fsp3) is 0.111. The molecule has 1 heterocycles. The van der Waals surface area contributed by atoms with Crippen LogP contribution in [0, 0.1) is 3.57 Å². The summed E-state index contributed by atoms with van der Waals surface area (Å²) in [6, 6.07) is 15.6. The second-order valence-electron chi connectivity index (χ2n) is 5.19. The van der Waals surface area contributed by atoms with Crippen LogP contribution >= 0.6 is 34.4 Å². The Kier molecular flexibility index (Phi) is 5.25. The number of nitrogens with zero attached hydrogens (tertiary/aromatic N) is 1. The third-order valence-electron chi connectivity index (χ3n) is 3.50. The lowest BCUT2D eigenvalue weighted by Gasteiger charge is -2.10. The second kappa shape index (κ2) is 7.40. The van der Waals surface area contributed by atoms with Crippen molar-refractivity contribution in [1.82, 2.24) is 4.90 Å². The lowest BCUT2D eigenvalue weighted by Crippen LogP contribution is -2.22. The van der Waals surface area contributed by atoms with Gasteiger partial charge in [0, 0.05) is 16.2 Å². The van der Waals surface area contributed by atoms with Crippen LogP contribution in [0.15, 0.2) is 53.4 Å². The Morgan fingerprint density at radius 1 is 1.12 bits per heavy atom. The van der Waals surface area contributed by atoms with Gasteiger partial charge in [-0.15, -0.1) is 0 Å². The molecule has 1 fully saturated rings. The summed E-state index contributed by atoms with van der Waals surface area (Å²) in [7, 11) is 1.48. The third-order valence-corrected chi connectivity index (χ3v) is 5.18. The van der Waals surface area contributed by atoms with Gasteiger partial charge in [0.2, 0.25) is 0 Å². The normalized spacial score (nSPS) is 16.1. The van der Waals surface area contributed by atoms with E-state index in [4.69, 9.17) is 4.74 Å². The Morgan fingerprint density at radius 3 is 2.50 bits per heavy atom. The molecular weight excluding hydrogens is 437 g/mol. The van der Waals surface area contributed by atoms with Gasteiger partial charge in [-0.1, -0.05) is 30.3 Å². The summed E-state index contributed by atoms with van der Waals surface area (Å²) in [6.07, 6.45) is 1.71. The first-order chi connectivity index (χ1) is 11.5. The number of imide groups is 1. The molecule has 1 saturated heterocycles. The highest BCUT2D eigenvalue weighted by Crippen LogP contribution is 2.33. The van der Waals surface area contributed by atoms with Gasteiger partial charge in [0.25, 0.3) is 11.1 Å². The van der Waals surface area contributed by atoms with Gasteiger partial charge in [-0.25, -0.2) is 0 Å². The Balaban J connectivity index is 1.79. The highest BCUT2D eigenvalue weighted by molar-refractivity contribution is 14.1. The second-order valence-corrected chi connectivity index (χ2v) is 7.43. The van der Waals surface area contributed by atoms with Crippen molar-refractivity contribution in [3.63, 3.8) is 0 Å². The predicted octanol–water partition coefficient (Wildman–Crippen LogP) is 4.54. The lowest BCUT2D eigenvalue weighted by molar-refractivity contribution is -0.121. The Hall–Kier alpha value is -1.80. The molecule has 122 valence electrons. The zero-order valence-corrected chi connectivity index (χ0v) is 15.8. The summed E-state index contributed by atoms with van der Waals surface area (Å²) in [6.45, 7) is 0.441. The SMILES string of the molecule is CN1C(=O)S/C(=C/c2ccccc2OCc2ccc(I)cc2)C1=O. The molecule has 0 unspecified atom stereocenters. The number of rotatable bonds is 4. The summed E-state index contributed by atoms with van der Waals surface area (Å²) in [5, 5.41) is -0.261. The highest BCUT2D eigenvalue weighted by Gasteiger charge is 2.31. The number of carbonyl (C=O) groups is 2. The quantitative estimate of drug-likeness (QED) is 0.506. The summed E-state index contributed by atoms with van der Waals surface area (Å²) < 4.78 is 7.07. The van der Waals surface area contributed by atoms with Crippen molar-refractivity contribution < 1.29 is 14.3 Å². The average molecular weight is 451 g/mol. The van der Waals surface area contributed by atoms with Gasteiger partial charge in [-0.3, -0.25) is 14.5 Å². The van der Waals surface area contributed by atoms with Gasteiger partial charge in [0.05, 0.1) is 4.91 Å². The predicted molar refractivity (Wildman–Crippen MR) is 104 cm³/mol. The first kappa shape index (κ1) is 17.0. The van der Waals surface area contributed by atoms with Gasteiger partial charge >= 0.3 is 0 Å². The van der Waals surface area contributed by atoms with Gasteiger partial charge in [0.1, 0.15) is 12.4 Å². The molecular formula is C18H14INO3S. The molecule has 1 aliphatic rings. The van der Waals surface area contributed by atoms with E-state index in [2.05, 4.69) is 22.6 Å². The van der Waals surface area contributed by atoms with Crippen molar-refractivity contribution in [2.24, 2.45) is 0 Å². The molecule has 2 aromatic carbocycles. The number of carbonyl (C=O) groups excluding carboxylic acids is 2. The van der Waals surface area contributed by atoms with Crippen molar-refractivity contribution in [2.45, 2.75) is 6.61 Å². The van der Waals surface area contributed by atoms with Crippen LogP contribution in [0.25, 0.3) is 6.08 Å². The molecule has 0 aliphatic carbocycles. The van der Waals surface area contributed by atoms with E-state index in [1.165, 1.54) is 10.6 Å². The van der Waals surface area contributed by atoms with Crippen LogP contribution in [0.4, 0.5) is 4.79 Å². The molecule has 0 bridgehead atoms. The van der Waals surface area contributed by atoms with Crippen LogP contribution in [0.2, 0.25) is 0 Å². The van der Waals surface area contributed by atoms with E-state index >= 15 is 0 Å². The van der Waals surface area contributed by atoms with Crippen molar-refractivity contribution >= 4 is 51.6 Å². The molecule has 6 heteroatoms. The third kappa shape index (κ3) is 3.81. The smallest absolute Gasteiger partial charge is 0.293 e. The standard InChI is InChI=1S/C18H14INO3S/c1-20-17(21)16(24-18(20)22)10-13-4-2-3-5-15(13)23-11-12-6-8-14(19)9-7-12/h2-10H,11H2,1H3/b16-10+. The Labute approximate surface area is 158 Å². The van der Waals surface area contributed by atoms with Crippen LogP contribution in [0.3, 0.4) is 0 Å². The zero-order chi connectivity index (χ0) is 17.1. The number of likely N-dealkylation sites (N-methyl/N-ethyl adjacent to an activating group) is 1. The van der Waals surface area contributed by atoms with Crippen molar-refractivity contribution in [3.05, 3.63) is 68.1 Å². The maximum atomic E-state index is 12.0. The zero-order valence-electron chi connectivity index (χ0n) is 12.9. The number of amides is 2. The maximum absolute atomic E-state index is 12.0. The van der Waals surface area contributed by atoms with E-state index in [1.54, 1.807) is 6.08 Å². The molecule has 0 radical (unpaired) electrons. The molecule has 2 amide bonds. The Morgan fingerprint density at radius 2 is 1.83 bits per heavy atom. The number of hydrogen-bond donors (Lipinski definition) is 0. The van der Waals surface area contributed by atoms with E-state index in [1.807, 2.05) is 48.5 Å². The van der Waals surface area contributed by atoms with Crippen LogP contribution in [0.5, 0.6) is 5.75 Å². The molecule has 0 saturated carbocycles. The van der Waals surface area contributed by atoms with E-state index in [9.17, 15) is 9.59 Å². The summed E-state index contributed by atoms with van der Waals surface area (Å²) in [5.41, 5.74) is 1.85. The molecule has 1 aliphatic heterocycles.